The first-order chi connectivity index (χ1) is 5.86. The monoisotopic (exact) mass is 170 g/mol. The van der Waals surface area contributed by atoms with Crippen molar-refractivity contribution in [2.75, 3.05) is 14.2 Å². The molecule has 1 aliphatic rings. The Morgan fingerprint density at radius 1 is 0.833 bits per heavy atom. The lowest BCUT2D eigenvalue weighted by Gasteiger charge is -2.13. The molecular formula is C8H14N2O2. The first-order valence-electron chi connectivity index (χ1n) is 4.04. The molecule has 0 bridgehead atoms. The van der Waals surface area contributed by atoms with Gasteiger partial charge in [-0.25, -0.2) is 0 Å². The van der Waals surface area contributed by atoms with Crippen LogP contribution in [0.4, 0.5) is 0 Å². The predicted molar refractivity (Wildman–Crippen MR) is 47.4 cm³/mol. The lowest BCUT2D eigenvalue weighted by Crippen LogP contribution is -2.14. The highest BCUT2D eigenvalue weighted by Gasteiger charge is 2.13. The van der Waals surface area contributed by atoms with Crippen molar-refractivity contribution in [3.05, 3.63) is 0 Å². The van der Waals surface area contributed by atoms with Crippen molar-refractivity contribution in [2.45, 2.75) is 25.7 Å². The van der Waals surface area contributed by atoms with Crippen LogP contribution in [0.1, 0.15) is 25.7 Å². The molecule has 4 heteroatoms. The molecule has 1 rings (SSSR count). The summed E-state index contributed by atoms with van der Waals surface area (Å²) in [6.45, 7) is 0. The van der Waals surface area contributed by atoms with Crippen LogP contribution in [-0.4, -0.2) is 25.6 Å². The maximum absolute atomic E-state index is 4.69. The SMILES string of the molecule is CON=C1CCC(=NOC)CC1. The minimum Gasteiger partial charge on any atom is -0.399 e. The van der Waals surface area contributed by atoms with Gasteiger partial charge in [-0.2, -0.15) is 0 Å². The molecule has 12 heavy (non-hydrogen) atoms. The summed E-state index contributed by atoms with van der Waals surface area (Å²) >= 11 is 0. The second kappa shape index (κ2) is 4.74. The molecule has 0 radical (unpaired) electrons. The van der Waals surface area contributed by atoms with E-state index in [0.29, 0.717) is 0 Å². The quantitative estimate of drug-likeness (QED) is 0.590. The summed E-state index contributed by atoms with van der Waals surface area (Å²) < 4.78 is 0. The van der Waals surface area contributed by atoms with Crippen LogP contribution < -0.4 is 0 Å². The highest BCUT2D eigenvalue weighted by Crippen LogP contribution is 2.13. The molecule has 0 atom stereocenters. The van der Waals surface area contributed by atoms with Crippen LogP contribution in [0.5, 0.6) is 0 Å². The molecule has 0 N–H and O–H groups in total. The molecule has 0 aliphatic heterocycles. The van der Waals surface area contributed by atoms with E-state index in [1.165, 1.54) is 0 Å². The molecular weight excluding hydrogens is 156 g/mol. The molecule has 68 valence electrons. The third-order valence-corrected chi connectivity index (χ3v) is 1.85. The highest BCUT2D eigenvalue weighted by molar-refractivity contribution is 5.97. The molecule has 0 unspecified atom stereocenters. The average molecular weight is 170 g/mol. The van der Waals surface area contributed by atoms with Gasteiger partial charge in [-0.1, -0.05) is 10.3 Å². The molecule has 0 saturated heterocycles. The summed E-state index contributed by atoms with van der Waals surface area (Å²) in [5, 5.41) is 7.80. The van der Waals surface area contributed by atoms with Gasteiger partial charge in [0.2, 0.25) is 0 Å². The van der Waals surface area contributed by atoms with Crippen molar-refractivity contribution in [1.82, 2.24) is 0 Å². The Kier molecular flexibility index (Phi) is 3.57. The van der Waals surface area contributed by atoms with Crippen molar-refractivity contribution in [3.8, 4) is 0 Å². The van der Waals surface area contributed by atoms with E-state index < -0.39 is 0 Å². The van der Waals surface area contributed by atoms with E-state index >= 15 is 0 Å². The largest absolute Gasteiger partial charge is 0.399 e. The molecule has 0 heterocycles. The van der Waals surface area contributed by atoms with Gasteiger partial charge in [-0.3, -0.25) is 0 Å². The van der Waals surface area contributed by atoms with Crippen LogP contribution in [0.25, 0.3) is 0 Å². The Balaban J connectivity index is 2.39. The fourth-order valence-electron chi connectivity index (χ4n) is 1.27. The van der Waals surface area contributed by atoms with Gasteiger partial charge in [-0.05, 0) is 25.7 Å². The van der Waals surface area contributed by atoms with Crippen molar-refractivity contribution in [2.24, 2.45) is 10.3 Å². The van der Waals surface area contributed by atoms with Crippen LogP contribution >= 0.6 is 0 Å². The molecule has 1 fully saturated rings. The summed E-state index contributed by atoms with van der Waals surface area (Å²) in [6.07, 6.45) is 3.76. The van der Waals surface area contributed by atoms with Crippen LogP contribution in [0.2, 0.25) is 0 Å². The molecule has 1 saturated carbocycles. The predicted octanol–water partition coefficient (Wildman–Crippen LogP) is 1.57. The minimum atomic E-state index is 0.941. The average Bonchev–Trinajstić information content (AvgIpc) is 2.09. The third kappa shape index (κ3) is 2.53. The van der Waals surface area contributed by atoms with Gasteiger partial charge in [0.1, 0.15) is 14.2 Å². The molecule has 0 amide bonds. The van der Waals surface area contributed by atoms with Crippen molar-refractivity contribution < 1.29 is 9.68 Å². The zero-order valence-electron chi connectivity index (χ0n) is 7.54. The van der Waals surface area contributed by atoms with Gasteiger partial charge in [0.25, 0.3) is 0 Å². The Morgan fingerprint density at radius 3 is 1.42 bits per heavy atom. The van der Waals surface area contributed by atoms with Crippen molar-refractivity contribution in [3.63, 3.8) is 0 Å². The number of hydrogen-bond donors (Lipinski definition) is 0. The summed E-state index contributed by atoms with van der Waals surface area (Å²) in [5.41, 5.74) is 2.24. The van der Waals surface area contributed by atoms with E-state index in [1.54, 1.807) is 14.2 Å². The summed E-state index contributed by atoms with van der Waals surface area (Å²) in [6, 6.07) is 0. The van der Waals surface area contributed by atoms with Gasteiger partial charge in [-0.15, -0.1) is 0 Å². The van der Waals surface area contributed by atoms with Gasteiger partial charge in [0.15, 0.2) is 0 Å². The van der Waals surface area contributed by atoms with Crippen LogP contribution in [0.3, 0.4) is 0 Å². The van der Waals surface area contributed by atoms with Gasteiger partial charge in [0.05, 0.1) is 11.4 Å². The van der Waals surface area contributed by atoms with E-state index in [9.17, 15) is 0 Å². The normalized spacial score (nSPS) is 17.2. The van der Waals surface area contributed by atoms with E-state index in [0.717, 1.165) is 37.1 Å². The van der Waals surface area contributed by atoms with Crippen LogP contribution in [-0.2, 0) is 9.68 Å². The van der Waals surface area contributed by atoms with E-state index in [4.69, 9.17) is 9.68 Å². The number of oxime groups is 2. The van der Waals surface area contributed by atoms with E-state index in [1.807, 2.05) is 0 Å². The van der Waals surface area contributed by atoms with E-state index in [2.05, 4.69) is 10.3 Å². The lowest BCUT2D eigenvalue weighted by molar-refractivity contribution is 0.208. The summed E-state index contributed by atoms with van der Waals surface area (Å²) in [5.74, 6) is 0. The molecule has 0 aromatic rings. The van der Waals surface area contributed by atoms with Gasteiger partial charge in [0, 0.05) is 0 Å². The maximum atomic E-state index is 4.69. The molecule has 0 spiro atoms. The van der Waals surface area contributed by atoms with Crippen LogP contribution in [0, 0.1) is 0 Å². The third-order valence-electron chi connectivity index (χ3n) is 1.85. The number of rotatable bonds is 2. The highest BCUT2D eigenvalue weighted by atomic mass is 16.6. The molecule has 0 aromatic carbocycles. The lowest BCUT2D eigenvalue weighted by atomic mass is 9.97. The minimum absolute atomic E-state index is 0.941. The first-order valence-corrected chi connectivity index (χ1v) is 4.04. The topological polar surface area (TPSA) is 43.2 Å². The zero-order chi connectivity index (χ0) is 8.81. The first kappa shape index (κ1) is 9.03. The van der Waals surface area contributed by atoms with Crippen molar-refractivity contribution >= 4 is 11.4 Å². The number of nitrogens with zero attached hydrogens (tertiary/aromatic N) is 2. The smallest absolute Gasteiger partial charge is 0.106 e. The summed E-state index contributed by atoms with van der Waals surface area (Å²) in [4.78, 5) is 9.39. The second-order valence-electron chi connectivity index (χ2n) is 2.68. The Bertz CT molecular complexity index is 165. The Hall–Kier alpha value is -1.06. The Labute approximate surface area is 72.2 Å². The number of hydrogen-bond acceptors (Lipinski definition) is 4. The Morgan fingerprint density at radius 2 is 1.17 bits per heavy atom. The second-order valence-corrected chi connectivity index (χ2v) is 2.68. The fraction of sp³-hybridized carbons (Fsp3) is 0.750. The standard InChI is InChI=1S/C8H14N2O2/c1-11-9-7-3-5-8(6-4-7)10-12-2/h3-6H2,1-2H3. The molecule has 0 aromatic heterocycles. The van der Waals surface area contributed by atoms with Crippen LogP contribution in [0.15, 0.2) is 10.3 Å². The summed E-state index contributed by atoms with van der Waals surface area (Å²) in [7, 11) is 3.15. The molecule has 1 aliphatic carbocycles. The fourth-order valence-corrected chi connectivity index (χ4v) is 1.27. The van der Waals surface area contributed by atoms with Gasteiger partial charge < -0.3 is 9.68 Å². The molecule has 4 nitrogen and oxygen atoms in total. The maximum Gasteiger partial charge on any atom is 0.106 e. The van der Waals surface area contributed by atoms with E-state index in [-0.39, 0.29) is 0 Å². The van der Waals surface area contributed by atoms with Crippen molar-refractivity contribution in [1.29, 1.82) is 0 Å². The zero-order valence-corrected chi connectivity index (χ0v) is 7.54. The van der Waals surface area contributed by atoms with Gasteiger partial charge >= 0.3 is 0 Å².